The Hall–Kier alpha value is -2.75. The highest BCUT2D eigenvalue weighted by molar-refractivity contribution is 6.08. The molecule has 2 aromatic rings. The summed E-state index contributed by atoms with van der Waals surface area (Å²) in [6.07, 6.45) is 3.14. The molecule has 0 radical (unpaired) electrons. The number of ketones is 1. The Bertz CT molecular complexity index is 657. The second-order valence-electron chi connectivity index (χ2n) is 4.36. The van der Waals surface area contributed by atoms with E-state index in [1.54, 1.807) is 55.7 Å². The maximum atomic E-state index is 12.3. The molecule has 0 saturated heterocycles. The molecule has 0 aliphatic rings. The number of hydrogen-bond donors (Lipinski definition) is 1. The third kappa shape index (κ3) is 3.63. The standard InChI is InChI=1S/C17H16O4/c1-20-14-8-10-17(21-2)15(11-14)16(19)9-5-12-3-6-13(18)7-4-12/h3-11,18H,1-2H3. The van der Waals surface area contributed by atoms with E-state index in [2.05, 4.69) is 0 Å². The molecule has 2 rings (SSSR count). The van der Waals surface area contributed by atoms with Gasteiger partial charge in [-0.3, -0.25) is 4.79 Å². The van der Waals surface area contributed by atoms with Gasteiger partial charge in [0.05, 0.1) is 19.8 Å². The van der Waals surface area contributed by atoms with Gasteiger partial charge < -0.3 is 14.6 Å². The third-order valence-electron chi connectivity index (χ3n) is 2.99. The predicted molar refractivity (Wildman–Crippen MR) is 81.0 cm³/mol. The summed E-state index contributed by atoms with van der Waals surface area (Å²) < 4.78 is 10.3. The van der Waals surface area contributed by atoms with Crippen LogP contribution >= 0.6 is 0 Å². The molecular formula is C17H16O4. The van der Waals surface area contributed by atoms with Crippen LogP contribution in [0.2, 0.25) is 0 Å². The van der Waals surface area contributed by atoms with Gasteiger partial charge in [0, 0.05) is 0 Å². The van der Waals surface area contributed by atoms with Crippen molar-refractivity contribution in [3.8, 4) is 17.2 Å². The van der Waals surface area contributed by atoms with Gasteiger partial charge in [-0.2, -0.15) is 0 Å². The maximum absolute atomic E-state index is 12.3. The zero-order valence-electron chi connectivity index (χ0n) is 11.9. The van der Waals surface area contributed by atoms with Gasteiger partial charge in [0.15, 0.2) is 5.78 Å². The average molecular weight is 284 g/mol. The van der Waals surface area contributed by atoms with E-state index < -0.39 is 0 Å². The summed E-state index contributed by atoms with van der Waals surface area (Å²) in [6.45, 7) is 0. The zero-order chi connectivity index (χ0) is 15.2. The van der Waals surface area contributed by atoms with Crippen molar-refractivity contribution in [3.05, 3.63) is 59.7 Å². The van der Waals surface area contributed by atoms with Crippen molar-refractivity contribution in [2.45, 2.75) is 0 Å². The van der Waals surface area contributed by atoms with Crippen LogP contribution in [0.25, 0.3) is 6.08 Å². The largest absolute Gasteiger partial charge is 0.508 e. The fourth-order valence-corrected chi connectivity index (χ4v) is 1.85. The number of hydrogen-bond acceptors (Lipinski definition) is 4. The van der Waals surface area contributed by atoms with Gasteiger partial charge in [-0.05, 0) is 42.0 Å². The normalized spacial score (nSPS) is 10.6. The Morgan fingerprint density at radius 1 is 1.05 bits per heavy atom. The van der Waals surface area contributed by atoms with Crippen LogP contribution in [-0.4, -0.2) is 25.1 Å². The zero-order valence-corrected chi connectivity index (χ0v) is 11.9. The number of allylic oxidation sites excluding steroid dienone is 1. The minimum absolute atomic E-state index is 0.182. The molecule has 108 valence electrons. The monoisotopic (exact) mass is 284 g/mol. The molecule has 0 atom stereocenters. The molecule has 0 fully saturated rings. The number of benzene rings is 2. The van der Waals surface area contributed by atoms with E-state index in [4.69, 9.17) is 9.47 Å². The van der Waals surface area contributed by atoms with Gasteiger partial charge in [-0.15, -0.1) is 0 Å². The lowest BCUT2D eigenvalue weighted by molar-refractivity contribution is 0.104. The van der Waals surface area contributed by atoms with Gasteiger partial charge in [-0.1, -0.05) is 18.2 Å². The van der Waals surface area contributed by atoms with Gasteiger partial charge in [0.1, 0.15) is 17.2 Å². The first-order valence-electron chi connectivity index (χ1n) is 6.37. The lowest BCUT2D eigenvalue weighted by atomic mass is 10.1. The highest BCUT2D eigenvalue weighted by Gasteiger charge is 2.11. The molecule has 0 unspecified atom stereocenters. The molecule has 4 heteroatoms. The summed E-state index contributed by atoms with van der Waals surface area (Å²) >= 11 is 0. The van der Waals surface area contributed by atoms with Crippen molar-refractivity contribution in [1.82, 2.24) is 0 Å². The molecule has 2 aromatic carbocycles. The summed E-state index contributed by atoms with van der Waals surface area (Å²) in [5.41, 5.74) is 1.26. The van der Waals surface area contributed by atoms with E-state index in [-0.39, 0.29) is 11.5 Å². The van der Waals surface area contributed by atoms with Crippen molar-refractivity contribution in [3.63, 3.8) is 0 Å². The van der Waals surface area contributed by atoms with Gasteiger partial charge in [0.2, 0.25) is 0 Å². The predicted octanol–water partition coefficient (Wildman–Crippen LogP) is 3.31. The summed E-state index contributed by atoms with van der Waals surface area (Å²) in [7, 11) is 3.06. The number of aromatic hydroxyl groups is 1. The van der Waals surface area contributed by atoms with Crippen LogP contribution in [0.5, 0.6) is 17.2 Å². The molecule has 1 N–H and O–H groups in total. The first-order chi connectivity index (χ1) is 10.1. The van der Waals surface area contributed by atoms with Gasteiger partial charge in [-0.25, -0.2) is 0 Å². The molecule has 0 aromatic heterocycles. The molecule has 0 bridgehead atoms. The minimum atomic E-state index is -0.182. The Labute approximate surface area is 123 Å². The molecule has 0 amide bonds. The topological polar surface area (TPSA) is 55.8 Å². The quantitative estimate of drug-likeness (QED) is 0.676. The van der Waals surface area contributed by atoms with Crippen LogP contribution < -0.4 is 9.47 Å². The number of rotatable bonds is 5. The molecule has 0 saturated carbocycles. The van der Waals surface area contributed by atoms with Crippen LogP contribution in [0.3, 0.4) is 0 Å². The lowest BCUT2D eigenvalue weighted by Crippen LogP contribution is -1.99. The summed E-state index contributed by atoms with van der Waals surface area (Å²) in [5.74, 6) is 1.10. The van der Waals surface area contributed by atoms with Gasteiger partial charge in [0.25, 0.3) is 0 Å². The van der Waals surface area contributed by atoms with Crippen molar-refractivity contribution in [2.75, 3.05) is 14.2 Å². The van der Waals surface area contributed by atoms with E-state index in [0.29, 0.717) is 17.1 Å². The van der Waals surface area contributed by atoms with E-state index in [0.717, 1.165) is 5.56 Å². The van der Waals surface area contributed by atoms with Crippen LogP contribution in [0.4, 0.5) is 0 Å². The number of phenols is 1. The molecular weight excluding hydrogens is 268 g/mol. The Morgan fingerprint density at radius 2 is 1.76 bits per heavy atom. The second kappa shape index (κ2) is 6.61. The Balaban J connectivity index is 2.25. The van der Waals surface area contributed by atoms with Crippen molar-refractivity contribution >= 4 is 11.9 Å². The van der Waals surface area contributed by atoms with E-state index in [1.807, 2.05) is 0 Å². The van der Waals surface area contributed by atoms with Crippen molar-refractivity contribution in [2.24, 2.45) is 0 Å². The summed E-state index contributed by atoms with van der Waals surface area (Å²) in [5, 5.41) is 9.22. The number of methoxy groups -OCH3 is 2. The summed E-state index contributed by atoms with van der Waals surface area (Å²) in [6, 6.07) is 11.7. The van der Waals surface area contributed by atoms with Crippen LogP contribution in [0, 0.1) is 0 Å². The number of carbonyl (C=O) groups is 1. The van der Waals surface area contributed by atoms with E-state index in [1.165, 1.54) is 13.2 Å². The molecule has 4 nitrogen and oxygen atoms in total. The highest BCUT2D eigenvalue weighted by atomic mass is 16.5. The first kappa shape index (κ1) is 14.7. The molecule has 0 spiro atoms. The number of phenolic OH excluding ortho intramolecular Hbond substituents is 1. The lowest BCUT2D eigenvalue weighted by Gasteiger charge is -2.07. The van der Waals surface area contributed by atoms with Crippen LogP contribution in [0.1, 0.15) is 15.9 Å². The van der Waals surface area contributed by atoms with Crippen LogP contribution in [0.15, 0.2) is 48.5 Å². The van der Waals surface area contributed by atoms with Gasteiger partial charge >= 0.3 is 0 Å². The second-order valence-corrected chi connectivity index (χ2v) is 4.36. The number of carbonyl (C=O) groups excluding carboxylic acids is 1. The molecule has 0 aliphatic carbocycles. The fraction of sp³-hybridized carbons (Fsp3) is 0.118. The van der Waals surface area contributed by atoms with Crippen molar-refractivity contribution < 1.29 is 19.4 Å². The highest BCUT2D eigenvalue weighted by Crippen LogP contribution is 2.25. The third-order valence-corrected chi connectivity index (χ3v) is 2.99. The fourth-order valence-electron chi connectivity index (χ4n) is 1.85. The Kier molecular flexibility index (Phi) is 4.61. The summed E-state index contributed by atoms with van der Waals surface area (Å²) in [4.78, 5) is 12.3. The van der Waals surface area contributed by atoms with E-state index >= 15 is 0 Å². The SMILES string of the molecule is COc1ccc(OC)c(C(=O)C=Cc2ccc(O)cc2)c1. The number of ether oxygens (including phenoxy) is 2. The molecule has 0 heterocycles. The minimum Gasteiger partial charge on any atom is -0.508 e. The van der Waals surface area contributed by atoms with Crippen molar-refractivity contribution in [1.29, 1.82) is 0 Å². The smallest absolute Gasteiger partial charge is 0.189 e. The molecule has 21 heavy (non-hydrogen) atoms. The Morgan fingerprint density at radius 3 is 2.38 bits per heavy atom. The first-order valence-corrected chi connectivity index (χ1v) is 6.37. The average Bonchev–Trinajstić information content (AvgIpc) is 2.53. The maximum Gasteiger partial charge on any atom is 0.189 e. The molecule has 0 aliphatic heterocycles. The van der Waals surface area contributed by atoms with E-state index in [9.17, 15) is 9.90 Å². The van der Waals surface area contributed by atoms with Crippen LogP contribution in [-0.2, 0) is 0 Å².